The fourth-order valence-electron chi connectivity index (χ4n) is 1.83. The van der Waals surface area contributed by atoms with Crippen LogP contribution in [-0.4, -0.2) is 47.5 Å². The zero-order chi connectivity index (χ0) is 17.5. The van der Waals surface area contributed by atoms with Crippen LogP contribution in [0, 0.1) is 0 Å². The molecule has 0 unspecified atom stereocenters. The van der Waals surface area contributed by atoms with E-state index in [-0.39, 0.29) is 25.0 Å². The predicted molar refractivity (Wildman–Crippen MR) is 80.6 cm³/mol. The molecule has 0 aliphatic carbocycles. The number of hydrogen-bond acceptors (Lipinski definition) is 5. The number of nitrogens with one attached hydrogen (secondary N) is 1. The Morgan fingerprint density at radius 2 is 1.70 bits per heavy atom. The van der Waals surface area contributed by atoms with Crippen LogP contribution >= 0.6 is 0 Å². The number of aliphatic carboxylic acids is 1. The summed E-state index contributed by atoms with van der Waals surface area (Å²) in [5, 5.41) is 10.8. The molecule has 1 amide bonds. The second kappa shape index (κ2) is 8.39. The van der Waals surface area contributed by atoms with Crippen LogP contribution in [0.5, 0.6) is 0 Å². The van der Waals surface area contributed by atoms with Gasteiger partial charge in [-0.25, -0.2) is 4.79 Å². The van der Waals surface area contributed by atoms with Gasteiger partial charge in [0.1, 0.15) is 11.8 Å². The second-order valence-corrected chi connectivity index (χ2v) is 6.35. The monoisotopic (exact) mass is 343 g/mol. The molecular weight excluding hydrogens is 326 g/mol. The third-order valence-corrected chi connectivity index (χ3v) is 3.67. The first kappa shape index (κ1) is 18.8. The average Bonchev–Trinajstić information content (AvgIpc) is 2.46. The molecule has 3 N–H and O–H groups in total. The fraction of sp³-hybridized carbons (Fsp3) is 0.357. The van der Waals surface area contributed by atoms with Crippen LogP contribution < -0.4 is 5.32 Å². The highest BCUT2D eigenvalue weighted by Crippen LogP contribution is 2.07. The van der Waals surface area contributed by atoms with Crippen LogP contribution in [0.15, 0.2) is 30.3 Å². The summed E-state index contributed by atoms with van der Waals surface area (Å²) in [7, 11) is -4.53. The molecule has 0 aliphatic heterocycles. The summed E-state index contributed by atoms with van der Waals surface area (Å²) in [5.74, 6) is -3.54. The Bertz CT molecular complexity index is 670. The molecule has 8 nitrogen and oxygen atoms in total. The lowest BCUT2D eigenvalue weighted by Gasteiger charge is -2.12. The van der Waals surface area contributed by atoms with E-state index in [4.69, 9.17) is 9.66 Å². The van der Waals surface area contributed by atoms with E-state index in [2.05, 4.69) is 0 Å². The number of benzene rings is 1. The first-order chi connectivity index (χ1) is 10.7. The molecule has 0 aliphatic rings. The minimum atomic E-state index is -4.53. The highest BCUT2D eigenvalue weighted by molar-refractivity contribution is 7.85. The minimum Gasteiger partial charge on any atom is -0.480 e. The number of amides is 1. The highest BCUT2D eigenvalue weighted by atomic mass is 32.2. The number of hydrogen-bond donors (Lipinski definition) is 3. The molecule has 0 radical (unpaired) electrons. The van der Waals surface area contributed by atoms with E-state index in [0.29, 0.717) is 5.56 Å². The summed E-state index contributed by atoms with van der Waals surface area (Å²) < 4.78 is 30.0. The van der Waals surface area contributed by atoms with Gasteiger partial charge in [0.15, 0.2) is 5.78 Å². The minimum absolute atomic E-state index is 0.105. The van der Waals surface area contributed by atoms with Crippen molar-refractivity contribution < 1.29 is 32.5 Å². The molecule has 1 aromatic carbocycles. The van der Waals surface area contributed by atoms with Gasteiger partial charge in [0, 0.05) is 18.4 Å². The van der Waals surface area contributed by atoms with Crippen LogP contribution in [0.2, 0.25) is 0 Å². The maximum atomic E-state index is 11.8. The molecule has 1 rings (SSSR count). The van der Waals surface area contributed by atoms with Gasteiger partial charge < -0.3 is 10.4 Å². The lowest BCUT2D eigenvalue weighted by molar-refractivity contribution is -0.141. The zero-order valence-corrected chi connectivity index (χ0v) is 13.0. The zero-order valence-electron chi connectivity index (χ0n) is 12.1. The fourth-order valence-corrected chi connectivity index (χ4v) is 2.48. The van der Waals surface area contributed by atoms with E-state index in [0.717, 1.165) is 0 Å². The van der Waals surface area contributed by atoms with Crippen LogP contribution in [0.3, 0.4) is 0 Å². The van der Waals surface area contributed by atoms with Gasteiger partial charge in [-0.3, -0.25) is 14.1 Å². The SMILES string of the molecule is O=C(CCCC(=O)c1ccccc1)N[C@@H](CS(=O)(=O)O)C(=O)O. The largest absolute Gasteiger partial charge is 0.480 e. The van der Waals surface area contributed by atoms with Gasteiger partial charge in [-0.2, -0.15) is 8.42 Å². The standard InChI is InChI=1S/C14H17NO7S/c16-12(10-5-2-1-3-6-10)7-4-8-13(17)15-11(14(18)19)9-23(20,21)22/h1-3,5-6,11H,4,7-9H2,(H,15,17)(H,18,19)(H,20,21,22)/t11-/m0/s1. The molecule has 9 heteroatoms. The van der Waals surface area contributed by atoms with Crippen molar-refractivity contribution in [1.82, 2.24) is 5.32 Å². The first-order valence-electron chi connectivity index (χ1n) is 6.74. The first-order valence-corrected chi connectivity index (χ1v) is 8.35. The molecule has 0 heterocycles. The van der Waals surface area contributed by atoms with Gasteiger partial charge in [0.05, 0.1) is 0 Å². The van der Waals surface area contributed by atoms with E-state index in [1.54, 1.807) is 30.3 Å². The quantitative estimate of drug-likeness (QED) is 0.438. The summed E-state index contributed by atoms with van der Waals surface area (Å²) in [6, 6.07) is 6.76. The summed E-state index contributed by atoms with van der Waals surface area (Å²) in [5.41, 5.74) is 0.516. The van der Waals surface area contributed by atoms with Crippen molar-refractivity contribution in [3.63, 3.8) is 0 Å². The van der Waals surface area contributed by atoms with Gasteiger partial charge in [-0.05, 0) is 6.42 Å². The van der Waals surface area contributed by atoms with Crippen molar-refractivity contribution in [3.05, 3.63) is 35.9 Å². The molecule has 1 aromatic rings. The van der Waals surface area contributed by atoms with E-state index in [1.807, 2.05) is 5.32 Å². The number of carbonyl (C=O) groups is 3. The smallest absolute Gasteiger partial charge is 0.327 e. The Hall–Kier alpha value is -2.26. The third kappa shape index (κ3) is 7.52. The van der Waals surface area contributed by atoms with E-state index >= 15 is 0 Å². The molecule has 126 valence electrons. The summed E-state index contributed by atoms with van der Waals surface area (Å²) in [6.07, 6.45) is 0.166. The molecule has 23 heavy (non-hydrogen) atoms. The summed E-state index contributed by atoms with van der Waals surface area (Å²) in [4.78, 5) is 34.2. The average molecular weight is 343 g/mol. The van der Waals surface area contributed by atoms with Crippen molar-refractivity contribution >= 4 is 27.8 Å². The number of ketones is 1. The van der Waals surface area contributed by atoms with Gasteiger partial charge in [0.2, 0.25) is 5.91 Å². The van der Waals surface area contributed by atoms with Gasteiger partial charge in [-0.15, -0.1) is 0 Å². The van der Waals surface area contributed by atoms with E-state index < -0.39 is 33.8 Å². The van der Waals surface area contributed by atoms with Crippen molar-refractivity contribution in [2.24, 2.45) is 0 Å². The van der Waals surface area contributed by atoms with E-state index in [9.17, 15) is 22.8 Å². The Kier molecular flexibility index (Phi) is 6.86. The Morgan fingerprint density at radius 1 is 1.09 bits per heavy atom. The maximum absolute atomic E-state index is 11.8. The molecule has 0 aromatic heterocycles. The Labute approximate surface area is 133 Å². The summed E-state index contributed by atoms with van der Waals surface area (Å²) >= 11 is 0. The molecule has 0 saturated heterocycles. The van der Waals surface area contributed by atoms with Crippen LogP contribution in [0.1, 0.15) is 29.6 Å². The maximum Gasteiger partial charge on any atom is 0.327 e. The molecule has 0 fully saturated rings. The molecule has 0 spiro atoms. The number of carboxylic acids is 1. The van der Waals surface area contributed by atoms with Crippen molar-refractivity contribution in [3.8, 4) is 0 Å². The Balaban J connectivity index is 2.44. The van der Waals surface area contributed by atoms with Crippen LogP contribution in [0.4, 0.5) is 0 Å². The number of rotatable bonds is 9. The van der Waals surface area contributed by atoms with Crippen LogP contribution in [-0.2, 0) is 19.7 Å². The van der Waals surface area contributed by atoms with Gasteiger partial charge in [0.25, 0.3) is 10.1 Å². The number of carboxylic acid groups (broad SMARTS) is 1. The van der Waals surface area contributed by atoms with Gasteiger partial charge in [-0.1, -0.05) is 30.3 Å². The van der Waals surface area contributed by atoms with Gasteiger partial charge >= 0.3 is 5.97 Å². The normalized spacial score (nSPS) is 12.4. The van der Waals surface area contributed by atoms with Crippen LogP contribution in [0.25, 0.3) is 0 Å². The second-order valence-electron chi connectivity index (χ2n) is 4.85. The predicted octanol–water partition coefficient (Wildman–Crippen LogP) is 0.497. The van der Waals surface area contributed by atoms with Crippen molar-refractivity contribution in [1.29, 1.82) is 0 Å². The lowest BCUT2D eigenvalue weighted by atomic mass is 10.1. The topological polar surface area (TPSA) is 138 Å². The Morgan fingerprint density at radius 3 is 2.22 bits per heavy atom. The number of carbonyl (C=O) groups excluding carboxylic acids is 2. The molecule has 0 bridgehead atoms. The number of Topliss-reactive ketones (excluding diaryl/α,β-unsaturated/α-hetero) is 1. The highest BCUT2D eigenvalue weighted by Gasteiger charge is 2.25. The molecule has 1 atom stereocenters. The third-order valence-electron chi connectivity index (χ3n) is 2.91. The van der Waals surface area contributed by atoms with Crippen molar-refractivity contribution in [2.75, 3.05) is 5.75 Å². The molecular formula is C14H17NO7S. The van der Waals surface area contributed by atoms with E-state index in [1.165, 1.54) is 0 Å². The molecule has 0 saturated carbocycles. The van der Waals surface area contributed by atoms with Crippen molar-refractivity contribution in [2.45, 2.75) is 25.3 Å². The summed E-state index contributed by atoms with van der Waals surface area (Å²) in [6.45, 7) is 0. The lowest BCUT2D eigenvalue weighted by Crippen LogP contribution is -2.45.